The summed E-state index contributed by atoms with van der Waals surface area (Å²) in [5.41, 5.74) is 1.72. The summed E-state index contributed by atoms with van der Waals surface area (Å²) in [6.07, 6.45) is 12.4. The molecular formula is C20H34O4S. The second-order valence-electron chi connectivity index (χ2n) is 6.84. The van der Waals surface area contributed by atoms with Gasteiger partial charge in [-0.2, -0.15) is 8.42 Å². The van der Waals surface area contributed by atoms with Crippen molar-refractivity contribution in [3.05, 3.63) is 23.3 Å². The number of ether oxygens (including phenoxy) is 1. The van der Waals surface area contributed by atoms with Gasteiger partial charge in [0.2, 0.25) is 0 Å². The maximum Gasteiger partial charge on any atom is 0.298 e. The Morgan fingerprint density at radius 1 is 0.880 bits per heavy atom. The average molecular weight is 371 g/mol. The lowest BCUT2D eigenvalue weighted by Gasteiger charge is -2.14. The summed E-state index contributed by atoms with van der Waals surface area (Å²) >= 11 is 0. The fourth-order valence-electron chi connectivity index (χ4n) is 2.91. The molecule has 5 heteroatoms. The van der Waals surface area contributed by atoms with E-state index in [2.05, 4.69) is 6.92 Å². The Morgan fingerprint density at radius 3 is 1.92 bits per heavy atom. The molecule has 0 saturated carbocycles. The van der Waals surface area contributed by atoms with E-state index in [4.69, 9.17) is 4.74 Å². The molecule has 0 aromatic heterocycles. The number of unbranched alkanes of at least 4 members (excludes halogenated alkanes) is 9. The third kappa shape index (κ3) is 8.23. The maximum absolute atomic E-state index is 11.5. The SMILES string of the molecule is CCCCCCCCCCCCOc1c(S(=O)(=O)O)ccc(C)c1C. The van der Waals surface area contributed by atoms with Crippen molar-refractivity contribution in [2.75, 3.05) is 6.61 Å². The monoisotopic (exact) mass is 370 g/mol. The van der Waals surface area contributed by atoms with Crippen molar-refractivity contribution < 1.29 is 17.7 Å². The van der Waals surface area contributed by atoms with Gasteiger partial charge < -0.3 is 4.74 Å². The summed E-state index contributed by atoms with van der Waals surface area (Å²) in [6.45, 7) is 6.43. The van der Waals surface area contributed by atoms with Gasteiger partial charge in [-0.05, 0) is 37.5 Å². The minimum Gasteiger partial charge on any atom is -0.492 e. The van der Waals surface area contributed by atoms with Crippen molar-refractivity contribution in [3.63, 3.8) is 0 Å². The summed E-state index contributed by atoms with van der Waals surface area (Å²) in [5.74, 6) is 0.290. The van der Waals surface area contributed by atoms with Gasteiger partial charge in [0, 0.05) is 0 Å². The van der Waals surface area contributed by atoms with Gasteiger partial charge in [0.05, 0.1) is 6.61 Å². The number of hydrogen-bond acceptors (Lipinski definition) is 3. The van der Waals surface area contributed by atoms with Crippen LogP contribution in [0.4, 0.5) is 0 Å². The largest absolute Gasteiger partial charge is 0.492 e. The van der Waals surface area contributed by atoms with Gasteiger partial charge in [0.25, 0.3) is 10.1 Å². The van der Waals surface area contributed by atoms with E-state index in [0.717, 1.165) is 24.0 Å². The van der Waals surface area contributed by atoms with E-state index in [1.807, 2.05) is 13.8 Å². The van der Waals surface area contributed by atoms with Crippen LogP contribution in [-0.4, -0.2) is 19.6 Å². The van der Waals surface area contributed by atoms with Gasteiger partial charge in [0.1, 0.15) is 10.6 Å². The van der Waals surface area contributed by atoms with Crippen LogP contribution in [-0.2, 0) is 10.1 Å². The molecule has 1 aromatic carbocycles. The van der Waals surface area contributed by atoms with Gasteiger partial charge in [-0.25, -0.2) is 0 Å². The highest BCUT2D eigenvalue weighted by Gasteiger charge is 2.19. The zero-order valence-corrected chi connectivity index (χ0v) is 16.8. The van der Waals surface area contributed by atoms with Crippen molar-refractivity contribution >= 4 is 10.1 Å². The number of benzene rings is 1. The minimum absolute atomic E-state index is 0.136. The lowest BCUT2D eigenvalue weighted by Crippen LogP contribution is -2.07. The quantitative estimate of drug-likeness (QED) is 0.349. The van der Waals surface area contributed by atoms with E-state index in [9.17, 15) is 13.0 Å². The summed E-state index contributed by atoms with van der Waals surface area (Å²) in [5, 5.41) is 0. The van der Waals surface area contributed by atoms with Crippen molar-refractivity contribution in [2.24, 2.45) is 0 Å². The van der Waals surface area contributed by atoms with Crippen molar-refractivity contribution in [1.82, 2.24) is 0 Å². The smallest absolute Gasteiger partial charge is 0.298 e. The predicted molar refractivity (Wildman–Crippen MR) is 103 cm³/mol. The van der Waals surface area contributed by atoms with E-state index in [-0.39, 0.29) is 4.90 Å². The van der Waals surface area contributed by atoms with Crippen LogP contribution in [0.5, 0.6) is 5.75 Å². The molecule has 0 heterocycles. The summed E-state index contributed by atoms with van der Waals surface area (Å²) in [7, 11) is -4.26. The zero-order chi connectivity index (χ0) is 18.7. The second kappa shape index (κ2) is 11.5. The van der Waals surface area contributed by atoms with Crippen LogP contribution in [0.3, 0.4) is 0 Å². The molecule has 1 aromatic rings. The Morgan fingerprint density at radius 2 is 1.40 bits per heavy atom. The first-order valence-electron chi connectivity index (χ1n) is 9.58. The van der Waals surface area contributed by atoms with Crippen LogP contribution in [0.25, 0.3) is 0 Å². The van der Waals surface area contributed by atoms with Crippen molar-refractivity contribution in [3.8, 4) is 5.75 Å². The van der Waals surface area contributed by atoms with E-state index in [0.29, 0.717) is 12.4 Å². The molecule has 4 nitrogen and oxygen atoms in total. The average Bonchev–Trinajstić information content (AvgIpc) is 2.55. The molecule has 0 atom stereocenters. The van der Waals surface area contributed by atoms with Gasteiger partial charge in [0.15, 0.2) is 0 Å². The Bertz CT molecular complexity index is 608. The van der Waals surface area contributed by atoms with E-state index >= 15 is 0 Å². The molecule has 0 amide bonds. The van der Waals surface area contributed by atoms with Crippen LogP contribution >= 0.6 is 0 Å². The first-order valence-corrected chi connectivity index (χ1v) is 11.0. The molecule has 1 N–H and O–H groups in total. The van der Waals surface area contributed by atoms with E-state index in [1.165, 1.54) is 57.4 Å². The van der Waals surface area contributed by atoms with Gasteiger partial charge >= 0.3 is 0 Å². The second-order valence-corrected chi connectivity index (χ2v) is 8.23. The predicted octanol–water partition coefficient (Wildman–Crippen LogP) is 5.85. The molecule has 0 fully saturated rings. The third-order valence-electron chi connectivity index (χ3n) is 4.66. The molecule has 0 aliphatic rings. The highest BCUT2D eigenvalue weighted by Crippen LogP contribution is 2.30. The topological polar surface area (TPSA) is 63.6 Å². The molecule has 0 aliphatic heterocycles. The fraction of sp³-hybridized carbons (Fsp3) is 0.700. The first-order chi connectivity index (χ1) is 11.9. The Balaban J connectivity index is 2.30. The minimum atomic E-state index is -4.26. The molecular weight excluding hydrogens is 336 g/mol. The van der Waals surface area contributed by atoms with Crippen molar-refractivity contribution in [1.29, 1.82) is 0 Å². The molecule has 0 aliphatic carbocycles. The Hall–Kier alpha value is -1.07. The molecule has 144 valence electrons. The summed E-state index contributed by atoms with van der Waals surface area (Å²) in [4.78, 5) is -0.136. The van der Waals surface area contributed by atoms with Gasteiger partial charge in [-0.15, -0.1) is 0 Å². The summed E-state index contributed by atoms with van der Waals surface area (Å²) < 4.78 is 38.1. The third-order valence-corrected chi connectivity index (χ3v) is 5.54. The standard InChI is InChI=1S/C20H34O4S/c1-4-5-6-7-8-9-10-11-12-13-16-24-20-18(3)17(2)14-15-19(20)25(21,22)23/h14-15H,4-13,16H2,1-3H3,(H,21,22,23). The highest BCUT2D eigenvalue weighted by molar-refractivity contribution is 7.86. The molecule has 0 radical (unpaired) electrons. The molecule has 25 heavy (non-hydrogen) atoms. The highest BCUT2D eigenvalue weighted by atomic mass is 32.2. The van der Waals surface area contributed by atoms with Crippen LogP contribution in [0.1, 0.15) is 82.3 Å². The summed E-state index contributed by atoms with van der Waals surface area (Å²) in [6, 6.07) is 3.09. The molecule has 0 unspecified atom stereocenters. The number of aryl methyl sites for hydroxylation is 1. The van der Waals surface area contributed by atoms with Gasteiger partial charge in [-0.1, -0.05) is 70.8 Å². The van der Waals surface area contributed by atoms with Crippen LogP contribution < -0.4 is 4.74 Å². The Labute approximate surface area is 153 Å². The Kier molecular flexibility index (Phi) is 10.1. The van der Waals surface area contributed by atoms with E-state index < -0.39 is 10.1 Å². The fourth-order valence-corrected chi connectivity index (χ4v) is 3.60. The first kappa shape index (κ1) is 22.0. The lowest BCUT2D eigenvalue weighted by atomic mass is 10.1. The van der Waals surface area contributed by atoms with Crippen LogP contribution in [0, 0.1) is 13.8 Å². The van der Waals surface area contributed by atoms with Crippen LogP contribution in [0.15, 0.2) is 17.0 Å². The number of rotatable bonds is 13. The molecule has 0 bridgehead atoms. The van der Waals surface area contributed by atoms with Crippen LogP contribution in [0.2, 0.25) is 0 Å². The molecule has 0 saturated heterocycles. The molecule has 1 rings (SSSR count). The van der Waals surface area contributed by atoms with E-state index in [1.54, 1.807) is 6.07 Å². The maximum atomic E-state index is 11.5. The van der Waals surface area contributed by atoms with Crippen molar-refractivity contribution in [2.45, 2.75) is 89.9 Å². The lowest BCUT2D eigenvalue weighted by molar-refractivity contribution is 0.293. The number of hydrogen-bond donors (Lipinski definition) is 1. The molecule has 0 spiro atoms. The normalized spacial score (nSPS) is 11.7. The zero-order valence-electron chi connectivity index (χ0n) is 16.0. The van der Waals surface area contributed by atoms with Gasteiger partial charge in [-0.3, -0.25) is 4.55 Å².